The first-order valence-corrected chi connectivity index (χ1v) is 8.98. The van der Waals surface area contributed by atoms with E-state index in [0.717, 1.165) is 29.9 Å². The van der Waals surface area contributed by atoms with Crippen LogP contribution in [0.3, 0.4) is 0 Å². The van der Waals surface area contributed by atoms with Gasteiger partial charge in [0.15, 0.2) is 11.9 Å². The van der Waals surface area contributed by atoms with Crippen LogP contribution in [0.25, 0.3) is 0 Å². The number of imide groups is 1. The maximum Gasteiger partial charge on any atom is 0.338 e. The Morgan fingerprint density at radius 1 is 0.964 bits per heavy atom. The molecule has 2 aliphatic rings. The van der Waals surface area contributed by atoms with Crippen LogP contribution in [0.2, 0.25) is 0 Å². The Hall–Kier alpha value is -3.35. The average molecular weight is 381 g/mol. The molecule has 2 amide bonds. The molecule has 1 heterocycles. The molecule has 1 aliphatic carbocycles. The highest BCUT2D eigenvalue weighted by Gasteiger charge is 2.37. The number of benzene rings is 2. The molecule has 1 aliphatic heterocycles. The lowest BCUT2D eigenvalue weighted by Crippen LogP contribution is -2.30. The number of Topliss-reactive ketones (excluding diaryl/α,β-unsaturated/α-hetero) is 1. The number of ketones is 1. The molecule has 1 saturated carbocycles. The number of nitrogens with zero attached hydrogens (tertiary/aromatic N) is 1. The van der Waals surface area contributed by atoms with Gasteiger partial charge in [0.2, 0.25) is 0 Å². The number of anilines is 1. The Morgan fingerprint density at radius 3 is 2.39 bits per heavy atom. The van der Waals surface area contributed by atoms with E-state index in [-0.39, 0.29) is 28.2 Å². The third kappa shape index (κ3) is 3.09. The van der Waals surface area contributed by atoms with Gasteiger partial charge in [0, 0.05) is 6.42 Å². The topological polar surface area (TPSA) is 80.8 Å². The summed E-state index contributed by atoms with van der Waals surface area (Å²) in [5.74, 6) is -2.44. The molecule has 2 aromatic carbocycles. The van der Waals surface area contributed by atoms with Crippen molar-refractivity contribution in [3.63, 3.8) is 0 Å². The normalized spacial score (nSPS) is 19.0. The first-order valence-electron chi connectivity index (χ1n) is 8.98. The maximum atomic E-state index is 13.1. The monoisotopic (exact) mass is 381 g/mol. The van der Waals surface area contributed by atoms with Crippen molar-refractivity contribution in [1.29, 1.82) is 0 Å². The minimum atomic E-state index is -0.762. The average Bonchev–Trinajstić information content (AvgIpc) is 2.94. The summed E-state index contributed by atoms with van der Waals surface area (Å²) >= 11 is 0. The van der Waals surface area contributed by atoms with Crippen LogP contribution in [0.5, 0.6) is 0 Å². The lowest BCUT2D eigenvalue weighted by molar-refractivity contribution is -0.129. The number of hydrogen-bond acceptors (Lipinski definition) is 5. The highest BCUT2D eigenvalue weighted by molar-refractivity contribution is 6.34. The van der Waals surface area contributed by atoms with Gasteiger partial charge in [-0.1, -0.05) is 0 Å². The number of fused-ring (bicyclic) bond motifs is 1. The van der Waals surface area contributed by atoms with Crippen LogP contribution < -0.4 is 4.90 Å². The predicted octanol–water partition coefficient (Wildman–Crippen LogP) is 3.29. The molecule has 1 fully saturated rings. The highest BCUT2D eigenvalue weighted by Crippen LogP contribution is 2.29. The number of rotatable bonds is 3. The Bertz CT molecular complexity index is 998. The zero-order chi connectivity index (χ0) is 19.8. The van der Waals surface area contributed by atoms with Crippen LogP contribution >= 0.6 is 0 Å². The minimum absolute atomic E-state index is 0.0683. The van der Waals surface area contributed by atoms with Crippen LogP contribution in [0.1, 0.15) is 56.8 Å². The fourth-order valence-corrected chi connectivity index (χ4v) is 3.47. The second-order valence-corrected chi connectivity index (χ2v) is 6.79. The molecule has 28 heavy (non-hydrogen) atoms. The molecule has 0 aromatic heterocycles. The van der Waals surface area contributed by atoms with E-state index >= 15 is 0 Å². The highest BCUT2D eigenvalue weighted by atomic mass is 19.1. The second-order valence-electron chi connectivity index (χ2n) is 6.79. The molecule has 142 valence electrons. The zero-order valence-electron chi connectivity index (χ0n) is 14.8. The summed E-state index contributed by atoms with van der Waals surface area (Å²) in [6, 6.07) is 9.06. The van der Waals surface area contributed by atoms with E-state index in [9.17, 15) is 23.6 Å². The Labute approximate surface area is 159 Å². The van der Waals surface area contributed by atoms with Crippen LogP contribution in [0, 0.1) is 5.82 Å². The smallest absolute Gasteiger partial charge is 0.338 e. The third-order valence-electron chi connectivity index (χ3n) is 4.95. The molecule has 1 unspecified atom stereocenters. The third-order valence-corrected chi connectivity index (χ3v) is 4.95. The number of amides is 2. The van der Waals surface area contributed by atoms with Gasteiger partial charge in [-0.2, -0.15) is 0 Å². The number of hydrogen-bond donors (Lipinski definition) is 0. The first-order chi connectivity index (χ1) is 13.5. The molecular weight excluding hydrogens is 365 g/mol. The van der Waals surface area contributed by atoms with Gasteiger partial charge in [-0.15, -0.1) is 0 Å². The van der Waals surface area contributed by atoms with Crippen molar-refractivity contribution in [3.8, 4) is 0 Å². The summed E-state index contributed by atoms with van der Waals surface area (Å²) in [6.07, 6.45) is 1.73. The van der Waals surface area contributed by atoms with Crippen LogP contribution in [-0.2, 0) is 9.53 Å². The number of ether oxygens (including phenoxy) is 1. The molecule has 6 nitrogen and oxygen atoms in total. The van der Waals surface area contributed by atoms with Gasteiger partial charge in [0.1, 0.15) is 5.82 Å². The van der Waals surface area contributed by atoms with Gasteiger partial charge in [0.25, 0.3) is 11.8 Å². The molecule has 4 rings (SSSR count). The zero-order valence-corrected chi connectivity index (χ0v) is 14.8. The predicted molar refractivity (Wildman–Crippen MR) is 96.7 cm³/mol. The van der Waals surface area contributed by atoms with Crippen LogP contribution in [0.4, 0.5) is 10.1 Å². The fourth-order valence-electron chi connectivity index (χ4n) is 3.47. The summed E-state index contributed by atoms with van der Waals surface area (Å²) in [4.78, 5) is 50.5. The van der Waals surface area contributed by atoms with Gasteiger partial charge in [0.05, 0.1) is 22.4 Å². The summed E-state index contributed by atoms with van der Waals surface area (Å²) in [7, 11) is 0. The van der Waals surface area contributed by atoms with E-state index in [1.807, 2.05) is 0 Å². The van der Waals surface area contributed by atoms with E-state index in [1.165, 1.54) is 30.3 Å². The number of carbonyl (C=O) groups is 4. The Balaban J connectivity index is 1.59. The lowest BCUT2D eigenvalue weighted by atomic mass is 9.96. The summed E-state index contributed by atoms with van der Waals surface area (Å²) < 4.78 is 18.4. The molecule has 1 atom stereocenters. The van der Waals surface area contributed by atoms with Gasteiger partial charge in [-0.05, 0) is 61.7 Å². The largest absolute Gasteiger partial charge is 0.451 e. The number of halogens is 1. The fraction of sp³-hybridized carbons (Fsp3) is 0.238. The van der Waals surface area contributed by atoms with Gasteiger partial charge < -0.3 is 4.74 Å². The molecule has 0 bridgehead atoms. The van der Waals surface area contributed by atoms with Crippen LogP contribution in [-0.4, -0.2) is 29.7 Å². The van der Waals surface area contributed by atoms with Crippen molar-refractivity contribution >= 4 is 29.3 Å². The van der Waals surface area contributed by atoms with E-state index in [2.05, 4.69) is 0 Å². The van der Waals surface area contributed by atoms with Gasteiger partial charge in [-0.3, -0.25) is 14.4 Å². The van der Waals surface area contributed by atoms with Crippen molar-refractivity contribution in [2.75, 3.05) is 4.90 Å². The van der Waals surface area contributed by atoms with E-state index in [0.29, 0.717) is 12.8 Å². The van der Waals surface area contributed by atoms with Crippen molar-refractivity contribution in [3.05, 3.63) is 65.0 Å². The number of esters is 1. The Kier molecular flexibility index (Phi) is 4.50. The van der Waals surface area contributed by atoms with Gasteiger partial charge >= 0.3 is 5.97 Å². The molecule has 7 heteroatoms. The molecule has 0 saturated heterocycles. The van der Waals surface area contributed by atoms with E-state index < -0.39 is 29.7 Å². The first kappa shape index (κ1) is 18.0. The van der Waals surface area contributed by atoms with Crippen molar-refractivity contribution < 1.29 is 28.3 Å². The molecule has 2 aromatic rings. The standard InChI is InChI=1S/C21H16FNO5/c22-13-6-8-14(9-7-13)23-19(25)15-10-5-12(11-16(15)20(23)26)21(27)28-18-4-2-1-3-17(18)24/h5-11,18H,1-4H2. The van der Waals surface area contributed by atoms with Crippen molar-refractivity contribution in [2.24, 2.45) is 0 Å². The minimum Gasteiger partial charge on any atom is -0.451 e. The van der Waals surface area contributed by atoms with E-state index in [4.69, 9.17) is 4.74 Å². The number of carbonyl (C=O) groups excluding carboxylic acids is 4. The summed E-state index contributed by atoms with van der Waals surface area (Å²) in [6.45, 7) is 0. The van der Waals surface area contributed by atoms with Gasteiger partial charge in [-0.25, -0.2) is 14.1 Å². The SMILES string of the molecule is O=C(OC1CCCCC1=O)c1ccc2c(c1)C(=O)N(c1ccc(F)cc1)C2=O. The quantitative estimate of drug-likeness (QED) is 0.602. The summed E-state index contributed by atoms with van der Waals surface area (Å²) in [5, 5.41) is 0. The molecule has 0 N–H and O–H groups in total. The van der Waals surface area contributed by atoms with Crippen molar-refractivity contribution in [2.45, 2.75) is 31.8 Å². The van der Waals surface area contributed by atoms with Crippen LogP contribution in [0.15, 0.2) is 42.5 Å². The van der Waals surface area contributed by atoms with E-state index in [1.54, 1.807) is 0 Å². The van der Waals surface area contributed by atoms with Crippen molar-refractivity contribution in [1.82, 2.24) is 0 Å². The second kappa shape index (κ2) is 6.99. The molecule has 0 radical (unpaired) electrons. The summed E-state index contributed by atoms with van der Waals surface area (Å²) in [5.41, 5.74) is 0.558. The molecule has 0 spiro atoms. The maximum absolute atomic E-state index is 13.1. The Morgan fingerprint density at radius 2 is 1.68 bits per heavy atom. The lowest BCUT2D eigenvalue weighted by Gasteiger charge is -2.20. The molecular formula is C21H16FNO5.